The molecular formula is C17H18N6O2. The Hall–Kier alpha value is -3.42. The molecule has 0 fully saturated rings. The van der Waals surface area contributed by atoms with E-state index in [0.717, 1.165) is 11.4 Å². The molecule has 8 heteroatoms. The Morgan fingerprint density at radius 1 is 1.12 bits per heavy atom. The van der Waals surface area contributed by atoms with E-state index in [-0.39, 0.29) is 0 Å². The van der Waals surface area contributed by atoms with E-state index in [4.69, 9.17) is 4.74 Å². The van der Waals surface area contributed by atoms with Gasteiger partial charge in [0, 0.05) is 23.5 Å². The maximum absolute atomic E-state index is 12.2. The van der Waals surface area contributed by atoms with Gasteiger partial charge in [0.05, 0.1) is 12.8 Å². The molecule has 0 radical (unpaired) electrons. The van der Waals surface area contributed by atoms with E-state index in [1.165, 1.54) is 6.33 Å². The first-order valence-electron chi connectivity index (χ1n) is 7.63. The summed E-state index contributed by atoms with van der Waals surface area (Å²) in [7, 11) is 1.57. The number of carbonyl (C=O) groups is 1. The van der Waals surface area contributed by atoms with Crippen molar-refractivity contribution in [2.24, 2.45) is 0 Å². The number of urea groups is 1. The van der Waals surface area contributed by atoms with Crippen molar-refractivity contribution in [3.63, 3.8) is 0 Å². The number of ether oxygens (including phenoxy) is 1. The molecule has 0 aliphatic rings. The fraction of sp³-hybridized carbons (Fsp3) is 0.176. The maximum Gasteiger partial charge on any atom is 0.324 e. The van der Waals surface area contributed by atoms with E-state index in [0.29, 0.717) is 23.1 Å². The average molecular weight is 338 g/mol. The van der Waals surface area contributed by atoms with Crippen molar-refractivity contribution in [2.75, 3.05) is 17.7 Å². The number of amides is 2. The first-order valence-corrected chi connectivity index (χ1v) is 7.63. The Labute approximate surface area is 144 Å². The van der Waals surface area contributed by atoms with Crippen molar-refractivity contribution in [1.29, 1.82) is 0 Å². The molecule has 0 atom stereocenters. The number of nitrogens with one attached hydrogen (secondary N) is 2. The number of aryl methyl sites for hydroxylation is 2. The largest absolute Gasteiger partial charge is 0.497 e. The molecule has 25 heavy (non-hydrogen) atoms. The molecule has 8 nitrogen and oxygen atoms in total. The Bertz CT molecular complexity index is 906. The van der Waals surface area contributed by atoms with Crippen LogP contribution in [-0.2, 0) is 0 Å². The molecule has 3 rings (SSSR count). The third-order valence-electron chi connectivity index (χ3n) is 3.45. The molecule has 0 bridgehead atoms. The van der Waals surface area contributed by atoms with E-state index < -0.39 is 6.03 Å². The topological polar surface area (TPSA) is 94.0 Å². The number of nitrogens with zero attached hydrogens (tertiary/aromatic N) is 4. The van der Waals surface area contributed by atoms with Crippen molar-refractivity contribution in [1.82, 2.24) is 19.7 Å². The summed E-state index contributed by atoms with van der Waals surface area (Å²) in [5.41, 5.74) is 2.45. The van der Waals surface area contributed by atoms with E-state index in [9.17, 15) is 4.79 Å². The number of hydrogen-bond acceptors (Lipinski definition) is 5. The molecule has 0 aliphatic heterocycles. The SMILES string of the molecule is COc1cccc(NC(=O)Nc2cc(-n3nc(C)cc3C)ncn2)c1. The monoisotopic (exact) mass is 338 g/mol. The Kier molecular flexibility index (Phi) is 4.60. The Morgan fingerprint density at radius 3 is 2.68 bits per heavy atom. The highest BCUT2D eigenvalue weighted by molar-refractivity contribution is 5.99. The lowest BCUT2D eigenvalue weighted by Crippen LogP contribution is -2.20. The highest BCUT2D eigenvalue weighted by Crippen LogP contribution is 2.17. The highest BCUT2D eigenvalue weighted by Gasteiger charge is 2.09. The van der Waals surface area contributed by atoms with Crippen molar-refractivity contribution in [2.45, 2.75) is 13.8 Å². The number of carbonyl (C=O) groups excluding carboxylic acids is 1. The lowest BCUT2D eigenvalue weighted by Gasteiger charge is -2.09. The third kappa shape index (κ3) is 3.92. The molecule has 0 aliphatic carbocycles. The minimum atomic E-state index is -0.411. The van der Waals surface area contributed by atoms with Gasteiger partial charge in [0.2, 0.25) is 0 Å². The van der Waals surface area contributed by atoms with Gasteiger partial charge in [0.1, 0.15) is 17.9 Å². The van der Waals surface area contributed by atoms with Crippen LogP contribution < -0.4 is 15.4 Å². The molecule has 3 aromatic rings. The van der Waals surface area contributed by atoms with Crippen molar-refractivity contribution in [3.8, 4) is 11.6 Å². The van der Waals surface area contributed by atoms with Crippen LogP contribution in [0.5, 0.6) is 5.75 Å². The number of anilines is 2. The lowest BCUT2D eigenvalue weighted by atomic mass is 10.3. The fourth-order valence-electron chi connectivity index (χ4n) is 2.37. The standard InChI is InChI=1S/C17H18N6O2/c1-11-7-12(2)23(22-11)16-9-15(18-10-19-16)21-17(24)20-13-5-4-6-14(8-13)25-3/h4-10H,1-3H3,(H2,18,19,20,21,24). The summed E-state index contributed by atoms with van der Waals surface area (Å²) in [5.74, 6) is 1.61. The predicted octanol–water partition coefficient (Wildman–Crippen LogP) is 2.93. The van der Waals surface area contributed by atoms with Gasteiger partial charge in [-0.25, -0.2) is 19.4 Å². The molecule has 2 N–H and O–H groups in total. The summed E-state index contributed by atoms with van der Waals surface area (Å²) in [4.78, 5) is 20.4. The number of aromatic nitrogens is 4. The number of methoxy groups -OCH3 is 1. The smallest absolute Gasteiger partial charge is 0.324 e. The second kappa shape index (κ2) is 7.00. The van der Waals surface area contributed by atoms with E-state index >= 15 is 0 Å². The van der Waals surface area contributed by atoms with Crippen LogP contribution in [0, 0.1) is 13.8 Å². The first-order chi connectivity index (χ1) is 12.0. The molecule has 2 heterocycles. The van der Waals surface area contributed by atoms with Crippen LogP contribution in [0.1, 0.15) is 11.4 Å². The molecule has 2 aromatic heterocycles. The quantitative estimate of drug-likeness (QED) is 0.763. The van der Waals surface area contributed by atoms with Gasteiger partial charge in [0.25, 0.3) is 0 Å². The van der Waals surface area contributed by atoms with Crippen LogP contribution in [0.25, 0.3) is 5.82 Å². The van der Waals surface area contributed by atoms with E-state index in [2.05, 4.69) is 25.7 Å². The van der Waals surface area contributed by atoms with Crippen molar-refractivity contribution in [3.05, 3.63) is 54.1 Å². The van der Waals surface area contributed by atoms with Crippen LogP contribution in [0.3, 0.4) is 0 Å². The molecule has 128 valence electrons. The van der Waals surface area contributed by atoms with Gasteiger partial charge < -0.3 is 10.1 Å². The second-order valence-corrected chi connectivity index (χ2v) is 5.41. The minimum Gasteiger partial charge on any atom is -0.497 e. The van der Waals surface area contributed by atoms with Gasteiger partial charge in [-0.1, -0.05) is 6.07 Å². The van der Waals surface area contributed by atoms with E-state index in [1.807, 2.05) is 19.9 Å². The van der Waals surface area contributed by atoms with Gasteiger partial charge in [-0.15, -0.1) is 0 Å². The van der Waals surface area contributed by atoms with Crippen LogP contribution in [0.2, 0.25) is 0 Å². The lowest BCUT2D eigenvalue weighted by molar-refractivity contribution is 0.262. The Morgan fingerprint density at radius 2 is 1.96 bits per heavy atom. The van der Waals surface area contributed by atoms with Crippen LogP contribution in [0.4, 0.5) is 16.3 Å². The van der Waals surface area contributed by atoms with Gasteiger partial charge in [-0.2, -0.15) is 5.10 Å². The molecule has 0 saturated carbocycles. The maximum atomic E-state index is 12.2. The van der Waals surface area contributed by atoms with Gasteiger partial charge >= 0.3 is 6.03 Å². The van der Waals surface area contributed by atoms with E-state index in [1.54, 1.807) is 42.1 Å². The average Bonchev–Trinajstić information content (AvgIpc) is 2.93. The second-order valence-electron chi connectivity index (χ2n) is 5.41. The summed E-state index contributed by atoms with van der Waals surface area (Å²) in [5, 5.41) is 9.78. The molecule has 1 aromatic carbocycles. The first kappa shape index (κ1) is 16.4. The molecule has 2 amide bonds. The Balaban J connectivity index is 1.73. The molecular weight excluding hydrogens is 320 g/mol. The number of rotatable bonds is 4. The van der Waals surface area contributed by atoms with Crippen molar-refractivity contribution >= 4 is 17.5 Å². The van der Waals surface area contributed by atoms with Gasteiger partial charge in [-0.05, 0) is 32.0 Å². The number of benzene rings is 1. The zero-order valence-electron chi connectivity index (χ0n) is 14.1. The van der Waals surface area contributed by atoms with Crippen LogP contribution in [-0.4, -0.2) is 32.9 Å². The fourth-order valence-corrected chi connectivity index (χ4v) is 2.37. The third-order valence-corrected chi connectivity index (χ3v) is 3.45. The van der Waals surface area contributed by atoms with Gasteiger partial charge in [0.15, 0.2) is 5.82 Å². The number of hydrogen-bond donors (Lipinski definition) is 2. The van der Waals surface area contributed by atoms with Crippen LogP contribution in [0.15, 0.2) is 42.7 Å². The summed E-state index contributed by atoms with van der Waals surface area (Å²) in [6, 6.07) is 10.3. The zero-order chi connectivity index (χ0) is 17.8. The summed E-state index contributed by atoms with van der Waals surface area (Å²) in [6.45, 7) is 3.84. The summed E-state index contributed by atoms with van der Waals surface area (Å²) >= 11 is 0. The predicted molar refractivity (Wildman–Crippen MR) is 94.3 cm³/mol. The molecule has 0 saturated heterocycles. The van der Waals surface area contributed by atoms with Gasteiger partial charge in [-0.3, -0.25) is 5.32 Å². The highest BCUT2D eigenvalue weighted by atomic mass is 16.5. The van der Waals surface area contributed by atoms with Crippen molar-refractivity contribution < 1.29 is 9.53 Å². The molecule has 0 spiro atoms. The van der Waals surface area contributed by atoms with Crippen LogP contribution >= 0.6 is 0 Å². The molecule has 0 unspecified atom stereocenters. The summed E-state index contributed by atoms with van der Waals surface area (Å²) < 4.78 is 6.83. The minimum absolute atomic E-state index is 0.373. The summed E-state index contributed by atoms with van der Waals surface area (Å²) in [6.07, 6.45) is 1.38. The zero-order valence-corrected chi connectivity index (χ0v) is 14.1. The normalized spacial score (nSPS) is 10.4.